The van der Waals surface area contributed by atoms with Crippen LogP contribution in [0.25, 0.3) is 0 Å². The van der Waals surface area contributed by atoms with Crippen molar-refractivity contribution in [2.24, 2.45) is 5.92 Å². The quantitative estimate of drug-likeness (QED) is 0.565. The average molecular weight is 438 g/mol. The molecule has 2 aromatic rings. The van der Waals surface area contributed by atoms with Crippen molar-refractivity contribution in [1.82, 2.24) is 4.90 Å². The number of methoxy groups -OCH3 is 1. The van der Waals surface area contributed by atoms with E-state index in [1.54, 1.807) is 7.11 Å². The molecule has 2 aliphatic heterocycles. The fraction of sp³-hybridized carbons (Fsp3) is 0.519. The average Bonchev–Trinajstić information content (AvgIpc) is 2.83. The van der Waals surface area contributed by atoms with Crippen LogP contribution in [-0.4, -0.2) is 49.8 Å². The fourth-order valence-corrected chi connectivity index (χ4v) is 4.97. The van der Waals surface area contributed by atoms with Crippen molar-refractivity contribution in [3.05, 3.63) is 65.7 Å². The molecule has 0 aromatic heterocycles. The highest BCUT2D eigenvalue weighted by molar-refractivity contribution is 5.79. The summed E-state index contributed by atoms with van der Waals surface area (Å²) in [6, 6.07) is 18.1. The Hall–Kier alpha value is -2.37. The van der Waals surface area contributed by atoms with Crippen molar-refractivity contribution < 1.29 is 19.0 Å². The SMILES string of the molecule is COc1cccc(CC(=O)N2CCC3(CC2)CC(CCOCc2ccccc2)CCO3)c1. The first-order valence-electron chi connectivity index (χ1n) is 11.8. The Kier molecular flexibility index (Phi) is 7.82. The van der Waals surface area contributed by atoms with Crippen LogP contribution < -0.4 is 4.74 Å². The Labute approximate surface area is 191 Å². The number of likely N-dealkylation sites (tertiary alicyclic amines) is 1. The molecular formula is C27H35NO4. The second kappa shape index (κ2) is 11.0. The third-order valence-electron chi connectivity index (χ3n) is 6.89. The Morgan fingerprint density at radius 2 is 1.88 bits per heavy atom. The van der Waals surface area contributed by atoms with Crippen molar-refractivity contribution in [1.29, 1.82) is 0 Å². The Morgan fingerprint density at radius 1 is 1.09 bits per heavy atom. The number of benzene rings is 2. The number of amides is 1. The summed E-state index contributed by atoms with van der Waals surface area (Å²) in [6.45, 7) is 3.85. The molecule has 5 heteroatoms. The maximum atomic E-state index is 12.8. The van der Waals surface area contributed by atoms with Gasteiger partial charge in [0, 0.05) is 26.3 Å². The summed E-state index contributed by atoms with van der Waals surface area (Å²) in [4.78, 5) is 14.8. The summed E-state index contributed by atoms with van der Waals surface area (Å²) in [5, 5.41) is 0. The maximum Gasteiger partial charge on any atom is 0.226 e. The standard InChI is InChI=1S/C27H35NO4/c1-30-25-9-5-8-24(18-25)19-26(29)28-14-12-27(13-15-28)20-22(11-17-32-27)10-16-31-21-23-6-3-2-4-7-23/h2-9,18,22H,10-17,19-21H2,1H3. The molecule has 2 heterocycles. The molecular weight excluding hydrogens is 402 g/mol. The zero-order valence-electron chi connectivity index (χ0n) is 19.1. The van der Waals surface area contributed by atoms with Gasteiger partial charge in [-0.3, -0.25) is 4.79 Å². The molecule has 1 atom stereocenters. The lowest BCUT2D eigenvalue weighted by atomic mass is 9.78. The molecule has 32 heavy (non-hydrogen) atoms. The molecule has 2 aliphatic rings. The monoisotopic (exact) mass is 437 g/mol. The van der Waals surface area contributed by atoms with E-state index in [1.807, 2.05) is 35.2 Å². The third kappa shape index (κ3) is 6.11. The predicted molar refractivity (Wildman–Crippen MR) is 125 cm³/mol. The van der Waals surface area contributed by atoms with Gasteiger partial charge in [-0.25, -0.2) is 0 Å². The molecule has 1 amide bonds. The third-order valence-corrected chi connectivity index (χ3v) is 6.89. The summed E-state index contributed by atoms with van der Waals surface area (Å²) in [7, 11) is 1.65. The molecule has 1 spiro atoms. The highest BCUT2D eigenvalue weighted by Gasteiger charge is 2.40. The second-order valence-electron chi connectivity index (χ2n) is 9.13. The van der Waals surface area contributed by atoms with E-state index in [-0.39, 0.29) is 11.5 Å². The second-order valence-corrected chi connectivity index (χ2v) is 9.13. The molecule has 0 bridgehead atoms. The molecule has 172 valence electrons. The fourth-order valence-electron chi connectivity index (χ4n) is 4.97. The van der Waals surface area contributed by atoms with Gasteiger partial charge in [0.25, 0.3) is 0 Å². The van der Waals surface area contributed by atoms with E-state index in [1.165, 1.54) is 5.56 Å². The van der Waals surface area contributed by atoms with Gasteiger partial charge in [-0.05, 0) is 61.3 Å². The first-order valence-corrected chi connectivity index (χ1v) is 11.8. The van der Waals surface area contributed by atoms with Crippen LogP contribution in [0.1, 0.15) is 43.2 Å². The van der Waals surface area contributed by atoms with Crippen LogP contribution in [0.2, 0.25) is 0 Å². The summed E-state index contributed by atoms with van der Waals surface area (Å²) >= 11 is 0. The van der Waals surface area contributed by atoms with E-state index >= 15 is 0 Å². The van der Waals surface area contributed by atoms with Gasteiger partial charge in [-0.15, -0.1) is 0 Å². The molecule has 0 saturated carbocycles. The molecule has 1 unspecified atom stereocenters. The van der Waals surface area contributed by atoms with Crippen molar-refractivity contribution in [3.8, 4) is 5.75 Å². The van der Waals surface area contributed by atoms with Crippen LogP contribution in [0.5, 0.6) is 5.75 Å². The highest BCUT2D eigenvalue weighted by Crippen LogP contribution is 2.39. The smallest absolute Gasteiger partial charge is 0.226 e. The lowest BCUT2D eigenvalue weighted by Crippen LogP contribution is -2.51. The summed E-state index contributed by atoms with van der Waals surface area (Å²) in [5.41, 5.74) is 2.16. The zero-order chi connectivity index (χ0) is 22.2. The number of nitrogens with zero attached hydrogens (tertiary/aromatic N) is 1. The van der Waals surface area contributed by atoms with Gasteiger partial charge in [0.1, 0.15) is 5.75 Å². The minimum Gasteiger partial charge on any atom is -0.497 e. The number of carbonyl (C=O) groups is 1. The van der Waals surface area contributed by atoms with Gasteiger partial charge in [0.05, 0.1) is 25.7 Å². The van der Waals surface area contributed by atoms with Gasteiger partial charge >= 0.3 is 0 Å². The topological polar surface area (TPSA) is 48.0 Å². The molecule has 0 aliphatic carbocycles. The van der Waals surface area contributed by atoms with E-state index in [0.717, 1.165) is 69.7 Å². The van der Waals surface area contributed by atoms with Crippen molar-refractivity contribution in [2.45, 2.75) is 50.7 Å². The van der Waals surface area contributed by atoms with Crippen LogP contribution in [0.4, 0.5) is 0 Å². The minimum absolute atomic E-state index is 0.0604. The van der Waals surface area contributed by atoms with Crippen LogP contribution in [0, 0.1) is 5.92 Å². The number of ether oxygens (including phenoxy) is 3. The molecule has 2 saturated heterocycles. The lowest BCUT2D eigenvalue weighted by Gasteiger charge is -2.46. The van der Waals surface area contributed by atoms with E-state index in [2.05, 4.69) is 24.3 Å². The van der Waals surface area contributed by atoms with Crippen molar-refractivity contribution >= 4 is 5.91 Å². The lowest BCUT2D eigenvalue weighted by molar-refractivity contribution is -0.147. The van der Waals surface area contributed by atoms with Gasteiger partial charge < -0.3 is 19.1 Å². The van der Waals surface area contributed by atoms with Crippen molar-refractivity contribution in [2.75, 3.05) is 33.4 Å². The zero-order valence-corrected chi connectivity index (χ0v) is 19.1. The van der Waals surface area contributed by atoms with E-state index < -0.39 is 0 Å². The van der Waals surface area contributed by atoms with Gasteiger partial charge in [0.15, 0.2) is 0 Å². The molecule has 4 rings (SSSR count). The number of carbonyl (C=O) groups excluding carboxylic acids is 1. The van der Waals surface area contributed by atoms with Crippen LogP contribution >= 0.6 is 0 Å². The number of hydrogen-bond donors (Lipinski definition) is 0. The van der Waals surface area contributed by atoms with Gasteiger partial charge in [-0.1, -0.05) is 42.5 Å². The molecule has 0 N–H and O–H groups in total. The Bertz CT molecular complexity index is 861. The van der Waals surface area contributed by atoms with Crippen LogP contribution in [0.3, 0.4) is 0 Å². The normalized spacial score (nSPS) is 20.3. The van der Waals surface area contributed by atoms with E-state index in [4.69, 9.17) is 14.2 Å². The number of piperidine rings is 1. The summed E-state index contributed by atoms with van der Waals surface area (Å²) in [5.74, 6) is 1.62. The van der Waals surface area contributed by atoms with Crippen molar-refractivity contribution in [3.63, 3.8) is 0 Å². The van der Waals surface area contributed by atoms with Gasteiger partial charge in [0.2, 0.25) is 5.91 Å². The summed E-state index contributed by atoms with van der Waals surface area (Å²) in [6.07, 6.45) is 5.55. The number of hydrogen-bond acceptors (Lipinski definition) is 4. The van der Waals surface area contributed by atoms with Crippen LogP contribution in [-0.2, 0) is 27.3 Å². The molecule has 5 nitrogen and oxygen atoms in total. The summed E-state index contributed by atoms with van der Waals surface area (Å²) < 4.78 is 17.5. The minimum atomic E-state index is -0.0604. The van der Waals surface area contributed by atoms with E-state index in [9.17, 15) is 4.79 Å². The number of rotatable bonds is 8. The highest BCUT2D eigenvalue weighted by atomic mass is 16.5. The predicted octanol–water partition coefficient (Wildman–Crippen LogP) is 4.63. The Morgan fingerprint density at radius 3 is 2.66 bits per heavy atom. The molecule has 0 radical (unpaired) electrons. The Balaban J connectivity index is 1.21. The van der Waals surface area contributed by atoms with Gasteiger partial charge in [-0.2, -0.15) is 0 Å². The first kappa shape index (κ1) is 22.8. The van der Waals surface area contributed by atoms with E-state index in [0.29, 0.717) is 18.9 Å². The molecule has 2 fully saturated rings. The van der Waals surface area contributed by atoms with Crippen LogP contribution in [0.15, 0.2) is 54.6 Å². The maximum absolute atomic E-state index is 12.8. The molecule has 2 aromatic carbocycles. The largest absolute Gasteiger partial charge is 0.497 e. The first-order chi connectivity index (χ1) is 15.7.